The van der Waals surface area contributed by atoms with Gasteiger partial charge in [-0.05, 0) is 25.4 Å². The van der Waals surface area contributed by atoms with Crippen LogP contribution in [0.25, 0.3) is 10.1 Å². The summed E-state index contributed by atoms with van der Waals surface area (Å²) in [5, 5.41) is 8.76. The van der Waals surface area contributed by atoms with Crippen LogP contribution in [-0.4, -0.2) is 16.8 Å². The highest BCUT2D eigenvalue weighted by Gasteiger charge is 2.12. The van der Waals surface area contributed by atoms with Crippen molar-refractivity contribution in [3.8, 4) is 5.75 Å². The van der Waals surface area contributed by atoms with E-state index in [1.54, 1.807) is 6.20 Å². The van der Waals surface area contributed by atoms with E-state index < -0.39 is 0 Å². The quantitative estimate of drug-likeness (QED) is 0.758. The summed E-state index contributed by atoms with van der Waals surface area (Å²) < 4.78 is 9.10. The van der Waals surface area contributed by atoms with Gasteiger partial charge in [0.25, 0.3) is 0 Å². The normalized spacial score (nSPS) is 11.1. The average Bonchev–Trinajstić information content (AvgIpc) is 3.09. The van der Waals surface area contributed by atoms with E-state index in [-0.39, 0.29) is 0 Å². The van der Waals surface area contributed by atoms with E-state index in [0.29, 0.717) is 6.61 Å². The Bertz CT molecular complexity index is 732. The summed E-state index contributed by atoms with van der Waals surface area (Å²) in [6.45, 7) is 4.37. The van der Waals surface area contributed by atoms with E-state index in [9.17, 15) is 0 Å². The summed E-state index contributed by atoms with van der Waals surface area (Å²) in [5.74, 6) is 0.822. The highest BCUT2D eigenvalue weighted by Crippen LogP contribution is 2.32. The molecule has 3 aromatic rings. The maximum absolute atomic E-state index is 5.92. The monoisotopic (exact) mass is 301 g/mol. The molecular weight excluding hydrogens is 282 g/mol. The van der Waals surface area contributed by atoms with Crippen LogP contribution in [0.5, 0.6) is 5.75 Å². The first-order valence-electron chi connectivity index (χ1n) is 7.11. The molecule has 2 heterocycles. The van der Waals surface area contributed by atoms with Gasteiger partial charge in [-0.3, -0.25) is 4.68 Å². The lowest BCUT2D eigenvalue weighted by Crippen LogP contribution is -2.06. The van der Waals surface area contributed by atoms with Gasteiger partial charge in [0.05, 0.1) is 12.4 Å². The SMILES string of the molecule is CCn1cc(OCc2c(CNC)sc3ccccc23)cn1. The fraction of sp³-hybridized carbons (Fsp3) is 0.312. The van der Waals surface area contributed by atoms with Gasteiger partial charge >= 0.3 is 0 Å². The molecule has 1 aromatic carbocycles. The van der Waals surface area contributed by atoms with Gasteiger partial charge in [-0.1, -0.05) is 18.2 Å². The molecule has 5 heteroatoms. The van der Waals surface area contributed by atoms with Gasteiger partial charge in [0.15, 0.2) is 5.75 Å². The fourth-order valence-corrected chi connectivity index (χ4v) is 3.58. The smallest absolute Gasteiger partial charge is 0.157 e. The molecule has 4 nitrogen and oxygen atoms in total. The molecule has 0 unspecified atom stereocenters. The molecule has 0 saturated heterocycles. The molecule has 0 aliphatic carbocycles. The van der Waals surface area contributed by atoms with Crippen LogP contribution in [0.1, 0.15) is 17.4 Å². The summed E-state index contributed by atoms with van der Waals surface area (Å²) in [7, 11) is 1.97. The molecule has 0 fully saturated rings. The first-order chi connectivity index (χ1) is 10.3. The lowest BCUT2D eigenvalue weighted by Gasteiger charge is -2.06. The average molecular weight is 301 g/mol. The molecule has 3 rings (SSSR count). The molecule has 0 amide bonds. The van der Waals surface area contributed by atoms with Crippen LogP contribution >= 0.6 is 11.3 Å². The number of fused-ring (bicyclic) bond motifs is 1. The van der Waals surface area contributed by atoms with Crippen molar-refractivity contribution in [1.29, 1.82) is 0 Å². The van der Waals surface area contributed by atoms with Crippen molar-refractivity contribution in [3.63, 3.8) is 0 Å². The Balaban J connectivity index is 1.86. The molecule has 0 aliphatic rings. The second-order valence-electron chi connectivity index (χ2n) is 4.85. The Morgan fingerprint density at radius 2 is 2.19 bits per heavy atom. The third kappa shape index (κ3) is 2.94. The number of aryl methyl sites for hydroxylation is 1. The molecule has 0 atom stereocenters. The standard InChI is InChI=1S/C16H19N3OS/c1-3-19-10-12(8-18-19)20-11-14-13-6-4-5-7-15(13)21-16(14)9-17-2/h4-8,10,17H,3,9,11H2,1-2H3. The van der Waals surface area contributed by atoms with Crippen LogP contribution in [0.3, 0.4) is 0 Å². The largest absolute Gasteiger partial charge is 0.486 e. The van der Waals surface area contributed by atoms with Gasteiger partial charge in [0.1, 0.15) is 6.61 Å². The lowest BCUT2D eigenvalue weighted by atomic mass is 10.1. The maximum atomic E-state index is 5.92. The van der Waals surface area contributed by atoms with Crippen LogP contribution in [0.4, 0.5) is 0 Å². The number of ether oxygens (including phenoxy) is 1. The highest BCUT2D eigenvalue weighted by molar-refractivity contribution is 7.19. The molecular formula is C16H19N3OS. The highest BCUT2D eigenvalue weighted by atomic mass is 32.1. The summed E-state index contributed by atoms with van der Waals surface area (Å²) >= 11 is 1.83. The van der Waals surface area contributed by atoms with Gasteiger partial charge < -0.3 is 10.1 Å². The molecule has 0 spiro atoms. The van der Waals surface area contributed by atoms with Crippen LogP contribution in [-0.2, 0) is 19.7 Å². The van der Waals surface area contributed by atoms with Gasteiger partial charge in [-0.2, -0.15) is 5.10 Å². The number of rotatable bonds is 6. The van der Waals surface area contributed by atoms with Crippen molar-refractivity contribution in [2.24, 2.45) is 0 Å². The minimum absolute atomic E-state index is 0.580. The molecule has 2 aromatic heterocycles. The van der Waals surface area contributed by atoms with E-state index in [1.165, 1.54) is 20.5 Å². The van der Waals surface area contributed by atoms with Crippen LogP contribution in [0, 0.1) is 0 Å². The summed E-state index contributed by atoms with van der Waals surface area (Å²) in [4.78, 5) is 1.33. The van der Waals surface area contributed by atoms with Crippen LogP contribution < -0.4 is 10.1 Å². The molecule has 0 radical (unpaired) electrons. The number of hydrogen-bond acceptors (Lipinski definition) is 4. The van der Waals surface area contributed by atoms with E-state index in [0.717, 1.165) is 18.8 Å². The Kier molecular flexibility index (Phi) is 4.22. The first kappa shape index (κ1) is 14.1. The van der Waals surface area contributed by atoms with Gasteiger partial charge in [0.2, 0.25) is 0 Å². The predicted octanol–water partition coefficient (Wildman–Crippen LogP) is 3.42. The van der Waals surface area contributed by atoms with Crippen molar-refractivity contribution in [3.05, 3.63) is 47.1 Å². The van der Waals surface area contributed by atoms with Gasteiger partial charge in [-0.25, -0.2) is 0 Å². The summed E-state index contributed by atoms with van der Waals surface area (Å²) in [5.41, 5.74) is 1.27. The topological polar surface area (TPSA) is 39.1 Å². The van der Waals surface area contributed by atoms with E-state index in [4.69, 9.17) is 4.74 Å². The molecule has 0 bridgehead atoms. The third-order valence-electron chi connectivity index (χ3n) is 3.44. The van der Waals surface area contributed by atoms with E-state index in [2.05, 4.69) is 41.6 Å². The molecule has 1 N–H and O–H groups in total. The second-order valence-corrected chi connectivity index (χ2v) is 5.99. The number of nitrogens with one attached hydrogen (secondary N) is 1. The molecule has 0 aliphatic heterocycles. The number of nitrogens with zero attached hydrogens (tertiary/aromatic N) is 2. The molecule has 0 saturated carbocycles. The van der Waals surface area contributed by atoms with E-state index in [1.807, 2.05) is 29.3 Å². The second kappa shape index (κ2) is 6.28. The van der Waals surface area contributed by atoms with Gasteiger partial charge in [-0.15, -0.1) is 11.3 Å². The number of hydrogen-bond donors (Lipinski definition) is 1. The van der Waals surface area contributed by atoms with Crippen LogP contribution in [0.2, 0.25) is 0 Å². The summed E-state index contributed by atoms with van der Waals surface area (Å²) in [6.07, 6.45) is 3.71. The van der Waals surface area contributed by atoms with Crippen molar-refractivity contribution in [2.75, 3.05) is 7.05 Å². The van der Waals surface area contributed by atoms with Gasteiger partial charge in [0, 0.05) is 28.2 Å². The van der Waals surface area contributed by atoms with E-state index >= 15 is 0 Å². The Labute approximate surface area is 128 Å². The minimum atomic E-state index is 0.580. The minimum Gasteiger partial charge on any atom is -0.486 e. The zero-order chi connectivity index (χ0) is 14.7. The number of thiophene rings is 1. The molecule has 21 heavy (non-hydrogen) atoms. The Morgan fingerprint density at radius 3 is 2.95 bits per heavy atom. The van der Waals surface area contributed by atoms with Crippen molar-refractivity contribution < 1.29 is 4.74 Å². The lowest BCUT2D eigenvalue weighted by molar-refractivity contribution is 0.306. The van der Waals surface area contributed by atoms with Crippen molar-refractivity contribution >= 4 is 21.4 Å². The zero-order valence-electron chi connectivity index (χ0n) is 12.3. The third-order valence-corrected chi connectivity index (χ3v) is 4.65. The Hall–Kier alpha value is -1.85. The Morgan fingerprint density at radius 1 is 1.33 bits per heavy atom. The fourth-order valence-electron chi connectivity index (χ4n) is 2.36. The number of benzene rings is 1. The first-order valence-corrected chi connectivity index (χ1v) is 7.92. The van der Waals surface area contributed by atoms with Crippen molar-refractivity contribution in [1.82, 2.24) is 15.1 Å². The predicted molar refractivity (Wildman–Crippen MR) is 86.8 cm³/mol. The van der Waals surface area contributed by atoms with Crippen LogP contribution in [0.15, 0.2) is 36.7 Å². The number of aromatic nitrogens is 2. The maximum Gasteiger partial charge on any atom is 0.157 e. The summed E-state index contributed by atoms with van der Waals surface area (Å²) in [6, 6.07) is 8.49. The van der Waals surface area contributed by atoms with Crippen molar-refractivity contribution in [2.45, 2.75) is 26.6 Å². The molecule has 110 valence electrons. The zero-order valence-corrected chi connectivity index (χ0v) is 13.1.